The fourth-order valence-corrected chi connectivity index (χ4v) is 3.91. The van der Waals surface area contributed by atoms with E-state index in [0.717, 1.165) is 16.6 Å². The van der Waals surface area contributed by atoms with E-state index in [2.05, 4.69) is 54.5 Å². The van der Waals surface area contributed by atoms with E-state index in [1.807, 2.05) is 0 Å². The smallest absolute Gasteiger partial charge is 0.206 e. The summed E-state index contributed by atoms with van der Waals surface area (Å²) in [4.78, 5) is 0. The van der Waals surface area contributed by atoms with Crippen LogP contribution in [-0.4, -0.2) is 10.2 Å². The summed E-state index contributed by atoms with van der Waals surface area (Å²) in [6.07, 6.45) is 4.78. The summed E-state index contributed by atoms with van der Waals surface area (Å²) in [5, 5.41) is 14.1. The quantitative estimate of drug-likeness (QED) is 0.889. The Labute approximate surface area is 130 Å². The highest BCUT2D eigenvalue weighted by atomic mass is 32.1. The Balaban J connectivity index is 1.68. The molecule has 0 bridgehead atoms. The van der Waals surface area contributed by atoms with Gasteiger partial charge < -0.3 is 5.32 Å². The summed E-state index contributed by atoms with van der Waals surface area (Å²) in [7, 11) is 0. The van der Waals surface area contributed by atoms with Gasteiger partial charge in [0.1, 0.15) is 5.01 Å². The van der Waals surface area contributed by atoms with Gasteiger partial charge in [0.15, 0.2) is 0 Å². The van der Waals surface area contributed by atoms with Crippen molar-refractivity contribution in [2.75, 3.05) is 5.32 Å². The van der Waals surface area contributed by atoms with Gasteiger partial charge in [-0.1, -0.05) is 43.4 Å². The van der Waals surface area contributed by atoms with E-state index in [1.54, 1.807) is 11.3 Å². The molecule has 3 rings (SSSR count). The maximum absolute atomic E-state index is 4.27. The lowest BCUT2D eigenvalue weighted by Gasteiger charge is -2.14. The van der Waals surface area contributed by atoms with E-state index in [-0.39, 0.29) is 6.04 Å². The molecule has 21 heavy (non-hydrogen) atoms. The van der Waals surface area contributed by atoms with Crippen molar-refractivity contribution in [3.63, 3.8) is 0 Å². The van der Waals surface area contributed by atoms with Gasteiger partial charge in [0.2, 0.25) is 5.13 Å². The van der Waals surface area contributed by atoms with Crippen molar-refractivity contribution in [1.29, 1.82) is 0 Å². The highest BCUT2D eigenvalue weighted by molar-refractivity contribution is 7.15. The number of hydrogen-bond donors (Lipinski definition) is 1. The third kappa shape index (κ3) is 3.43. The zero-order chi connectivity index (χ0) is 14.8. The molecule has 4 heteroatoms. The molecule has 1 aromatic carbocycles. The van der Waals surface area contributed by atoms with E-state index >= 15 is 0 Å². The molecule has 112 valence electrons. The van der Waals surface area contributed by atoms with Gasteiger partial charge >= 0.3 is 0 Å². The normalized spacial score (nSPS) is 15.2. The number of nitrogens with one attached hydrogen (secondary N) is 1. The third-order valence-electron chi connectivity index (χ3n) is 4.01. The zero-order valence-electron chi connectivity index (χ0n) is 13.0. The second-order valence-electron chi connectivity index (χ2n) is 6.35. The van der Waals surface area contributed by atoms with Crippen LogP contribution in [0.1, 0.15) is 54.9 Å². The summed E-state index contributed by atoms with van der Waals surface area (Å²) in [6.45, 7) is 6.61. The number of hydrogen-bond acceptors (Lipinski definition) is 4. The van der Waals surface area contributed by atoms with Gasteiger partial charge in [0, 0.05) is 6.42 Å². The molecule has 3 nitrogen and oxygen atoms in total. The van der Waals surface area contributed by atoms with E-state index in [0.29, 0.717) is 5.92 Å². The lowest BCUT2D eigenvalue weighted by atomic mass is 10.0. The lowest BCUT2D eigenvalue weighted by Crippen LogP contribution is -2.06. The van der Waals surface area contributed by atoms with Crippen LogP contribution in [-0.2, 0) is 19.3 Å². The van der Waals surface area contributed by atoms with Crippen LogP contribution in [0.5, 0.6) is 0 Å². The molecule has 1 aromatic heterocycles. The summed E-state index contributed by atoms with van der Waals surface area (Å²) in [6, 6.07) is 7.17. The van der Waals surface area contributed by atoms with Crippen LogP contribution in [0, 0.1) is 5.92 Å². The summed E-state index contributed by atoms with van der Waals surface area (Å²) < 4.78 is 0. The van der Waals surface area contributed by atoms with Crippen molar-refractivity contribution < 1.29 is 0 Å². The molecule has 1 heterocycles. The summed E-state index contributed by atoms with van der Waals surface area (Å²) in [5.41, 5.74) is 4.40. The van der Waals surface area contributed by atoms with Gasteiger partial charge in [-0.05, 0) is 48.8 Å². The average Bonchev–Trinajstić information content (AvgIpc) is 3.06. The zero-order valence-corrected chi connectivity index (χ0v) is 13.8. The van der Waals surface area contributed by atoms with Gasteiger partial charge in [-0.2, -0.15) is 0 Å². The first-order valence-corrected chi connectivity index (χ1v) is 8.64. The molecular weight excluding hydrogens is 278 g/mol. The highest BCUT2D eigenvalue weighted by Gasteiger charge is 2.14. The van der Waals surface area contributed by atoms with Crippen molar-refractivity contribution in [3.8, 4) is 0 Å². The maximum atomic E-state index is 4.27. The Hall–Kier alpha value is -1.42. The SMILES string of the molecule is CC(C)Cc1nnc(NC(C)c2ccc3c(c2)CCC3)s1. The predicted molar refractivity (Wildman–Crippen MR) is 89.0 cm³/mol. The molecule has 0 saturated carbocycles. The lowest BCUT2D eigenvalue weighted by molar-refractivity contribution is 0.640. The Kier molecular flexibility index (Phi) is 4.24. The molecule has 1 atom stereocenters. The largest absolute Gasteiger partial charge is 0.354 e. The van der Waals surface area contributed by atoms with Crippen LogP contribution >= 0.6 is 11.3 Å². The van der Waals surface area contributed by atoms with Crippen molar-refractivity contribution in [2.24, 2.45) is 5.92 Å². The number of nitrogens with zero attached hydrogens (tertiary/aromatic N) is 2. The minimum atomic E-state index is 0.274. The van der Waals surface area contributed by atoms with Crippen LogP contribution in [0.15, 0.2) is 18.2 Å². The van der Waals surface area contributed by atoms with Crippen LogP contribution in [0.25, 0.3) is 0 Å². The highest BCUT2D eigenvalue weighted by Crippen LogP contribution is 2.28. The van der Waals surface area contributed by atoms with Crippen molar-refractivity contribution in [1.82, 2.24) is 10.2 Å². The van der Waals surface area contributed by atoms with Gasteiger partial charge in [-0.3, -0.25) is 0 Å². The second-order valence-corrected chi connectivity index (χ2v) is 7.41. The number of aryl methyl sites for hydroxylation is 2. The Bertz CT molecular complexity index is 618. The Morgan fingerprint density at radius 1 is 1.14 bits per heavy atom. The number of rotatable bonds is 5. The molecule has 0 saturated heterocycles. The Morgan fingerprint density at radius 2 is 1.95 bits per heavy atom. The van der Waals surface area contributed by atoms with Gasteiger partial charge in [-0.25, -0.2) is 0 Å². The molecule has 0 amide bonds. The summed E-state index contributed by atoms with van der Waals surface area (Å²) in [5.74, 6) is 0.625. The fraction of sp³-hybridized carbons (Fsp3) is 0.529. The van der Waals surface area contributed by atoms with E-state index in [9.17, 15) is 0 Å². The van der Waals surface area contributed by atoms with E-state index < -0.39 is 0 Å². The maximum Gasteiger partial charge on any atom is 0.206 e. The fourth-order valence-electron chi connectivity index (χ4n) is 2.87. The van der Waals surface area contributed by atoms with Gasteiger partial charge in [0.05, 0.1) is 6.04 Å². The monoisotopic (exact) mass is 301 g/mol. The van der Waals surface area contributed by atoms with Crippen molar-refractivity contribution in [3.05, 3.63) is 39.9 Å². The molecule has 1 aliphatic carbocycles. The van der Waals surface area contributed by atoms with Gasteiger partial charge in [-0.15, -0.1) is 10.2 Å². The number of aromatic nitrogens is 2. The standard InChI is InChI=1S/C17H23N3S/c1-11(2)9-16-19-20-17(21-16)18-12(3)14-8-7-13-5-4-6-15(13)10-14/h7-8,10-12H,4-6,9H2,1-3H3,(H,18,20). The molecule has 1 unspecified atom stereocenters. The predicted octanol–water partition coefficient (Wildman–Crippen LogP) is 4.40. The van der Waals surface area contributed by atoms with E-state index in [1.165, 1.54) is 36.0 Å². The molecular formula is C17H23N3S. The minimum absolute atomic E-state index is 0.274. The molecule has 0 spiro atoms. The van der Waals surface area contributed by atoms with Gasteiger partial charge in [0.25, 0.3) is 0 Å². The van der Waals surface area contributed by atoms with Crippen molar-refractivity contribution in [2.45, 2.75) is 52.5 Å². The molecule has 0 radical (unpaired) electrons. The number of benzene rings is 1. The first-order chi connectivity index (χ1) is 10.1. The summed E-state index contributed by atoms with van der Waals surface area (Å²) >= 11 is 1.68. The Morgan fingerprint density at radius 3 is 2.76 bits per heavy atom. The topological polar surface area (TPSA) is 37.8 Å². The molecule has 2 aromatic rings. The first-order valence-electron chi connectivity index (χ1n) is 7.82. The second kappa shape index (κ2) is 6.14. The van der Waals surface area contributed by atoms with Crippen LogP contribution in [0.3, 0.4) is 0 Å². The van der Waals surface area contributed by atoms with Crippen LogP contribution < -0.4 is 5.32 Å². The minimum Gasteiger partial charge on any atom is -0.354 e. The van der Waals surface area contributed by atoms with Crippen LogP contribution in [0.2, 0.25) is 0 Å². The van der Waals surface area contributed by atoms with E-state index in [4.69, 9.17) is 0 Å². The molecule has 0 aliphatic heterocycles. The first kappa shape index (κ1) is 14.5. The molecule has 0 fully saturated rings. The van der Waals surface area contributed by atoms with Crippen LogP contribution in [0.4, 0.5) is 5.13 Å². The third-order valence-corrected chi connectivity index (χ3v) is 4.89. The number of fused-ring (bicyclic) bond motifs is 1. The number of anilines is 1. The molecule has 1 aliphatic rings. The van der Waals surface area contributed by atoms with Crippen molar-refractivity contribution >= 4 is 16.5 Å². The molecule has 1 N–H and O–H groups in total. The average molecular weight is 301 g/mol.